The topological polar surface area (TPSA) is 60.4 Å². The summed E-state index contributed by atoms with van der Waals surface area (Å²) in [6.45, 7) is 8.99. The maximum atomic E-state index is 12.5. The molecule has 1 aliphatic rings. The Bertz CT molecular complexity index is 676. The second-order valence-electron chi connectivity index (χ2n) is 7.16. The molecule has 25 heavy (non-hydrogen) atoms. The maximum Gasteiger partial charge on any atom is 0.338 e. The van der Waals surface area contributed by atoms with E-state index in [1.807, 2.05) is 13.0 Å². The van der Waals surface area contributed by atoms with E-state index in [2.05, 4.69) is 6.58 Å². The van der Waals surface area contributed by atoms with E-state index in [0.717, 1.165) is 5.57 Å². The number of Topliss-reactive ketones (excluding diaryl/α,β-unsaturated/α-hetero) is 2. The van der Waals surface area contributed by atoms with Crippen LogP contribution in [0.2, 0.25) is 0 Å². The molecule has 3 atom stereocenters. The molecular weight excluding hydrogens is 316 g/mol. The van der Waals surface area contributed by atoms with Gasteiger partial charge in [0.2, 0.25) is 0 Å². The maximum absolute atomic E-state index is 12.5. The fourth-order valence-corrected chi connectivity index (χ4v) is 3.65. The van der Waals surface area contributed by atoms with Gasteiger partial charge in [-0.15, -0.1) is 0 Å². The van der Waals surface area contributed by atoms with Crippen molar-refractivity contribution in [3.8, 4) is 0 Å². The third-order valence-electron chi connectivity index (χ3n) is 5.31. The number of rotatable bonds is 7. The van der Waals surface area contributed by atoms with Gasteiger partial charge < -0.3 is 9.53 Å². The van der Waals surface area contributed by atoms with E-state index in [4.69, 9.17) is 4.74 Å². The standard InChI is InChI=1S/C21H26O4/c1-14(2)18-12-19(25-20(24)17-8-6-5-7-9-17)21(13-18,16(4)23)11-10-15(3)22/h5-9,18-19H,1,10-13H2,2-4H3/t18-,19+,21+/m1/s1. The lowest BCUT2D eigenvalue weighted by Crippen LogP contribution is -2.40. The summed E-state index contributed by atoms with van der Waals surface area (Å²) in [5.74, 6) is -0.304. The van der Waals surface area contributed by atoms with Crippen molar-refractivity contribution < 1.29 is 19.1 Å². The van der Waals surface area contributed by atoms with Gasteiger partial charge in [-0.3, -0.25) is 4.79 Å². The Hall–Kier alpha value is -2.23. The number of carbonyl (C=O) groups excluding carboxylic acids is 3. The smallest absolute Gasteiger partial charge is 0.338 e. The molecule has 0 spiro atoms. The number of allylic oxidation sites excluding steroid dienone is 1. The van der Waals surface area contributed by atoms with Crippen LogP contribution in [0.4, 0.5) is 0 Å². The average Bonchev–Trinajstić information content (AvgIpc) is 2.94. The van der Waals surface area contributed by atoms with Crippen LogP contribution in [-0.2, 0) is 14.3 Å². The summed E-state index contributed by atoms with van der Waals surface area (Å²) in [5.41, 5.74) is 0.636. The van der Waals surface area contributed by atoms with Gasteiger partial charge in [-0.25, -0.2) is 4.79 Å². The van der Waals surface area contributed by atoms with Crippen molar-refractivity contribution in [3.05, 3.63) is 48.0 Å². The van der Waals surface area contributed by atoms with Crippen LogP contribution in [0.25, 0.3) is 0 Å². The minimum absolute atomic E-state index is 0.0247. The molecule has 0 saturated heterocycles. The molecule has 0 bridgehead atoms. The Morgan fingerprint density at radius 2 is 1.80 bits per heavy atom. The van der Waals surface area contributed by atoms with Crippen molar-refractivity contribution in [1.29, 1.82) is 0 Å². The van der Waals surface area contributed by atoms with E-state index in [-0.39, 0.29) is 17.5 Å². The van der Waals surface area contributed by atoms with Gasteiger partial charge in [0.15, 0.2) is 0 Å². The highest BCUT2D eigenvalue weighted by molar-refractivity contribution is 5.90. The third kappa shape index (κ3) is 4.25. The summed E-state index contributed by atoms with van der Waals surface area (Å²) in [6.07, 6.45) is 1.35. The number of hydrogen-bond donors (Lipinski definition) is 0. The SMILES string of the molecule is C=C(C)[C@@H]1C[C@H](OC(=O)c2ccccc2)[C@](CCC(C)=O)(C(C)=O)C1. The molecule has 0 aromatic heterocycles. The molecule has 2 rings (SSSR count). The van der Waals surface area contributed by atoms with Crippen LogP contribution in [0, 0.1) is 11.3 Å². The van der Waals surface area contributed by atoms with Crippen LogP contribution in [0.15, 0.2) is 42.5 Å². The molecule has 1 aromatic rings. The molecule has 0 aliphatic heterocycles. The summed E-state index contributed by atoms with van der Waals surface area (Å²) in [7, 11) is 0. The molecule has 1 aromatic carbocycles. The summed E-state index contributed by atoms with van der Waals surface area (Å²) in [6, 6.07) is 8.76. The van der Waals surface area contributed by atoms with Gasteiger partial charge in [0.1, 0.15) is 17.7 Å². The van der Waals surface area contributed by atoms with Crippen LogP contribution in [0.5, 0.6) is 0 Å². The Labute approximate surface area is 149 Å². The number of ether oxygens (including phenoxy) is 1. The second kappa shape index (κ2) is 7.77. The van der Waals surface area contributed by atoms with E-state index in [9.17, 15) is 14.4 Å². The lowest BCUT2D eigenvalue weighted by atomic mass is 9.75. The highest BCUT2D eigenvalue weighted by atomic mass is 16.5. The normalized spacial score (nSPS) is 25.4. The number of esters is 1. The number of ketones is 2. The molecule has 0 unspecified atom stereocenters. The Morgan fingerprint density at radius 3 is 2.32 bits per heavy atom. The van der Waals surface area contributed by atoms with Gasteiger partial charge in [0.25, 0.3) is 0 Å². The van der Waals surface area contributed by atoms with Crippen molar-refractivity contribution in [2.45, 2.75) is 52.6 Å². The van der Waals surface area contributed by atoms with Gasteiger partial charge in [0, 0.05) is 6.42 Å². The minimum atomic E-state index is -0.806. The van der Waals surface area contributed by atoms with Crippen LogP contribution >= 0.6 is 0 Å². The lowest BCUT2D eigenvalue weighted by molar-refractivity contribution is -0.133. The van der Waals surface area contributed by atoms with Gasteiger partial charge in [-0.1, -0.05) is 30.4 Å². The summed E-state index contributed by atoms with van der Waals surface area (Å²) in [5, 5.41) is 0. The molecular formula is C21H26O4. The van der Waals surface area contributed by atoms with Crippen LogP contribution < -0.4 is 0 Å². The highest BCUT2D eigenvalue weighted by Gasteiger charge is 2.52. The zero-order valence-corrected chi connectivity index (χ0v) is 15.2. The number of hydrogen-bond acceptors (Lipinski definition) is 4. The monoisotopic (exact) mass is 342 g/mol. The van der Waals surface area contributed by atoms with Crippen LogP contribution in [0.1, 0.15) is 56.8 Å². The Kier molecular flexibility index (Phi) is 5.93. The Morgan fingerprint density at radius 1 is 1.16 bits per heavy atom. The third-order valence-corrected chi connectivity index (χ3v) is 5.31. The van der Waals surface area contributed by atoms with E-state index in [1.54, 1.807) is 24.3 Å². The molecule has 0 amide bonds. The molecule has 4 nitrogen and oxygen atoms in total. The first-order chi connectivity index (χ1) is 11.8. The van der Waals surface area contributed by atoms with Crippen molar-refractivity contribution in [2.24, 2.45) is 11.3 Å². The fraction of sp³-hybridized carbons (Fsp3) is 0.476. The molecule has 0 heterocycles. The molecule has 1 fully saturated rings. The van der Waals surface area contributed by atoms with Gasteiger partial charge in [0.05, 0.1) is 11.0 Å². The van der Waals surface area contributed by atoms with Gasteiger partial charge in [-0.05, 0) is 58.1 Å². The summed E-state index contributed by atoms with van der Waals surface area (Å²) in [4.78, 5) is 36.5. The first-order valence-corrected chi connectivity index (χ1v) is 8.68. The van der Waals surface area contributed by atoms with E-state index in [0.29, 0.717) is 31.2 Å². The molecule has 1 aliphatic carbocycles. The summed E-state index contributed by atoms with van der Waals surface area (Å²) < 4.78 is 5.78. The quantitative estimate of drug-likeness (QED) is 0.552. The van der Waals surface area contributed by atoms with Crippen molar-refractivity contribution in [3.63, 3.8) is 0 Å². The minimum Gasteiger partial charge on any atom is -0.458 e. The molecule has 134 valence electrons. The van der Waals surface area contributed by atoms with E-state index >= 15 is 0 Å². The molecule has 1 saturated carbocycles. The van der Waals surface area contributed by atoms with Gasteiger partial charge >= 0.3 is 5.97 Å². The van der Waals surface area contributed by atoms with Crippen molar-refractivity contribution in [1.82, 2.24) is 0 Å². The van der Waals surface area contributed by atoms with Crippen molar-refractivity contribution >= 4 is 17.5 Å². The Balaban J connectivity index is 2.29. The molecule has 0 N–H and O–H groups in total. The first kappa shape index (κ1) is 19.1. The lowest BCUT2D eigenvalue weighted by Gasteiger charge is -2.32. The largest absolute Gasteiger partial charge is 0.458 e. The zero-order chi connectivity index (χ0) is 18.6. The van der Waals surface area contributed by atoms with Gasteiger partial charge in [-0.2, -0.15) is 0 Å². The number of carbonyl (C=O) groups is 3. The predicted octanol–water partition coefficient (Wildman–Crippen LogP) is 4.14. The molecule has 4 heteroatoms. The fourth-order valence-electron chi connectivity index (χ4n) is 3.65. The first-order valence-electron chi connectivity index (χ1n) is 8.68. The highest BCUT2D eigenvalue weighted by Crippen LogP contribution is 2.50. The van der Waals surface area contributed by atoms with Crippen molar-refractivity contribution in [2.75, 3.05) is 0 Å². The average molecular weight is 342 g/mol. The van der Waals surface area contributed by atoms with Crippen LogP contribution in [-0.4, -0.2) is 23.6 Å². The zero-order valence-electron chi connectivity index (χ0n) is 15.2. The number of benzene rings is 1. The predicted molar refractivity (Wildman–Crippen MR) is 96.2 cm³/mol. The summed E-state index contributed by atoms with van der Waals surface area (Å²) >= 11 is 0. The molecule has 0 radical (unpaired) electrons. The van der Waals surface area contributed by atoms with Crippen LogP contribution in [0.3, 0.4) is 0 Å². The second-order valence-corrected chi connectivity index (χ2v) is 7.16. The van der Waals surface area contributed by atoms with E-state index < -0.39 is 17.5 Å². The van der Waals surface area contributed by atoms with E-state index in [1.165, 1.54) is 13.8 Å².